The Bertz CT molecular complexity index is 722. The molecule has 0 aliphatic heterocycles. The highest BCUT2D eigenvalue weighted by Gasteiger charge is 2.17. The number of carbonyl (C=O) groups is 2. The molecular formula is C15H16FN3O5S. The molecule has 134 valence electrons. The number of hydrogen-bond acceptors (Lipinski definition) is 8. The molecule has 1 aromatic carbocycles. The van der Waals surface area contributed by atoms with E-state index in [1.54, 1.807) is 13.8 Å². The second kappa shape index (κ2) is 9.02. The predicted molar refractivity (Wildman–Crippen MR) is 85.6 cm³/mol. The standard InChI is InChI=1S/C15H16FN3O5S/c1-3-22-14(21)17-12(20)8-25-15-19-18-13(24-15)9(2)23-11-6-4-10(16)5-7-11/h4-7,9H,3,8H2,1-2H3,(H,17,20,21)/t9-/m0/s1. The number of nitrogens with one attached hydrogen (secondary N) is 1. The molecule has 2 rings (SSSR count). The summed E-state index contributed by atoms with van der Waals surface area (Å²) in [5.74, 6) is -0.336. The van der Waals surface area contributed by atoms with Gasteiger partial charge in [-0.25, -0.2) is 9.18 Å². The summed E-state index contributed by atoms with van der Waals surface area (Å²) >= 11 is 0.970. The summed E-state index contributed by atoms with van der Waals surface area (Å²) in [6.45, 7) is 3.50. The van der Waals surface area contributed by atoms with Gasteiger partial charge in [-0.3, -0.25) is 10.1 Å². The quantitative estimate of drug-likeness (QED) is 0.743. The van der Waals surface area contributed by atoms with E-state index >= 15 is 0 Å². The van der Waals surface area contributed by atoms with Crippen LogP contribution in [-0.4, -0.2) is 34.6 Å². The van der Waals surface area contributed by atoms with Crippen molar-refractivity contribution in [2.45, 2.75) is 25.2 Å². The molecule has 1 aromatic heterocycles. The number of hydrogen-bond donors (Lipinski definition) is 1. The van der Waals surface area contributed by atoms with Crippen molar-refractivity contribution in [1.29, 1.82) is 0 Å². The van der Waals surface area contributed by atoms with Crippen LogP contribution >= 0.6 is 11.8 Å². The van der Waals surface area contributed by atoms with E-state index in [-0.39, 0.29) is 29.3 Å². The molecule has 0 radical (unpaired) electrons. The Kier molecular flexibility index (Phi) is 6.75. The van der Waals surface area contributed by atoms with Crippen molar-refractivity contribution in [2.75, 3.05) is 12.4 Å². The number of halogens is 1. The molecular weight excluding hydrogens is 353 g/mol. The summed E-state index contributed by atoms with van der Waals surface area (Å²) in [5, 5.41) is 9.84. The smallest absolute Gasteiger partial charge is 0.413 e. The molecule has 0 unspecified atom stereocenters. The predicted octanol–water partition coefficient (Wildman–Crippen LogP) is 2.71. The summed E-state index contributed by atoms with van der Waals surface area (Å²) in [6, 6.07) is 5.52. The maximum atomic E-state index is 12.9. The Labute approximate surface area is 147 Å². The zero-order valence-electron chi connectivity index (χ0n) is 13.5. The highest BCUT2D eigenvalue weighted by Crippen LogP contribution is 2.23. The summed E-state index contributed by atoms with van der Waals surface area (Å²) in [6.07, 6.45) is -1.36. The normalized spacial score (nSPS) is 11.6. The van der Waals surface area contributed by atoms with Crippen molar-refractivity contribution in [3.63, 3.8) is 0 Å². The first-order valence-corrected chi connectivity index (χ1v) is 8.31. The second-order valence-corrected chi connectivity index (χ2v) is 5.60. The number of alkyl carbamates (subject to hydrolysis) is 1. The van der Waals surface area contributed by atoms with Crippen LogP contribution in [0, 0.1) is 5.82 Å². The summed E-state index contributed by atoms with van der Waals surface area (Å²) in [4.78, 5) is 22.6. The zero-order valence-corrected chi connectivity index (χ0v) is 14.3. The Morgan fingerprint density at radius 2 is 2.04 bits per heavy atom. The molecule has 2 aromatic rings. The third kappa shape index (κ3) is 6.07. The van der Waals surface area contributed by atoms with Gasteiger partial charge in [-0.15, -0.1) is 10.2 Å². The maximum Gasteiger partial charge on any atom is 0.413 e. The molecule has 0 fully saturated rings. The van der Waals surface area contributed by atoms with E-state index in [0.29, 0.717) is 5.75 Å². The summed E-state index contributed by atoms with van der Waals surface area (Å²) in [7, 11) is 0. The molecule has 1 N–H and O–H groups in total. The van der Waals surface area contributed by atoms with E-state index in [1.807, 2.05) is 0 Å². The van der Waals surface area contributed by atoms with Crippen LogP contribution in [0.25, 0.3) is 0 Å². The molecule has 0 saturated carbocycles. The fourth-order valence-corrected chi connectivity index (χ4v) is 2.22. The van der Waals surface area contributed by atoms with E-state index in [2.05, 4.69) is 20.3 Å². The average molecular weight is 369 g/mol. The second-order valence-electron chi connectivity index (χ2n) is 4.68. The van der Waals surface area contributed by atoms with Crippen molar-refractivity contribution < 1.29 is 27.9 Å². The minimum absolute atomic E-state index is 0.0896. The molecule has 8 nitrogen and oxygen atoms in total. The molecule has 10 heteroatoms. The van der Waals surface area contributed by atoms with Crippen molar-refractivity contribution in [3.8, 4) is 5.75 Å². The van der Waals surface area contributed by atoms with Crippen LogP contribution in [0.15, 0.2) is 33.9 Å². The van der Waals surface area contributed by atoms with Crippen molar-refractivity contribution in [2.24, 2.45) is 0 Å². The topological polar surface area (TPSA) is 104 Å². The molecule has 0 aliphatic carbocycles. The maximum absolute atomic E-state index is 12.9. The van der Waals surface area contributed by atoms with E-state index in [4.69, 9.17) is 9.15 Å². The van der Waals surface area contributed by atoms with E-state index in [9.17, 15) is 14.0 Å². The number of aromatic nitrogens is 2. The zero-order chi connectivity index (χ0) is 18.2. The van der Waals surface area contributed by atoms with E-state index < -0.39 is 18.1 Å². The van der Waals surface area contributed by atoms with Gasteiger partial charge in [0, 0.05) is 0 Å². The lowest BCUT2D eigenvalue weighted by Gasteiger charge is -2.10. The van der Waals surface area contributed by atoms with Crippen LogP contribution < -0.4 is 10.1 Å². The SMILES string of the molecule is CCOC(=O)NC(=O)CSc1nnc([C@H](C)Oc2ccc(F)cc2)o1. The molecule has 0 bridgehead atoms. The van der Waals surface area contributed by atoms with Crippen LogP contribution in [0.1, 0.15) is 25.8 Å². The molecule has 1 atom stereocenters. The van der Waals surface area contributed by atoms with Crippen molar-refractivity contribution in [3.05, 3.63) is 36.0 Å². The summed E-state index contributed by atoms with van der Waals surface area (Å²) in [5.41, 5.74) is 0. The number of imide groups is 1. The molecule has 0 spiro atoms. The third-order valence-corrected chi connectivity index (χ3v) is 3.56. The van der Waals surface area contributed by atoms with Gasteiger partial charge < -0.3 is 13.9 Å². The van der Waals surface area contributed by atoms with Crippen LogP contribution in [-0.2, 0) is 9.53 Å². The first-order valence-electron chi connectivity index (χ1n) is 7.33. The van der Waals surface area contributed by atoms with Gasteiger partial charge in [0.2, 0.25) is 5.91 Å². The average Bonchev–Trinajstić information content (AvgIpc) is 3.04. The summed E-state index contributed by atoms with van der Waals surface area (Å²) < 4.78 is 28.4. The molecule has 0 saturated heterocycles. The van der Waals surface area contributed by atoms with Crippen LogP contribution in [0.5, 0.6) is 5.75 Å². The first kappa shape index (κ1) is 18.7. The van der Waals surface area contributed by atoms with Gasteiger partial charge in [0.05, 0.1) is 12.4 Å². The Morgan fingerprint density at radius 3 is 2.72 bits per heavy atom. The van der Waals surface area contributed by atoms with Gasteiger partial charge in [0.15, 0.2) is 6.10 Å². The lowest BCUT2D eigenvalue weighted by atomic mass is 10.3. The van der Waals surface area contributed by atoms with Gasteiger partial charge >= 0.3 is 6.09 Å². The minimum Gasteiger partial charge on any atom is -0.481 e. The molecule has 0 aliphatic rings. The van der Waals surface area contributed by atoms with Crippen molar-refractivity contribution in [1.82, 2.24) is 15.5 Å². The van der Waals surface area contributed by atoms with Crippen LogP contribution in [0.2, 0.25) is 0 Å². The minimum atomic E-state index is -0.805. The first-order chi connectivity index (χ1) is 12.0. The van der Waals surface area contributed by atoms with Gasteiger partial charge in [0.25, 0.3) is 11.1 Å². The Morgan fingerprint density at radius 1 is 1.32 bits per heavy atom. The number of nitrogens with zero attached hydrogens (tertiary/aromatic N) is 2. The highest BCUT2D eigenvalue weighted by atomic mass is 32.2. The number of benzene rings is 1. The van der Waals surface area contributed by atoms with Crippen LogP contribution in [0.4, 0.5) is 9.18 Å². The van der Waals surface area contributed by atoms with Crippen LogP contribution in [0.3, 0.4) is 0 Å². The Balaban J connectivity index is 1.83. The number of ether oxygens (including phenoxy) is 2. The van der Waals surface area contributed by atoms with Gasteiger partial charge in [0.1, 0.15) is 11.6 Å². The fraction of sp³-hybridized carbons (Fsp3) is 0.333. The van der Waals surface area contributed by atoms with Crippen molar-refractivity contribution >= 4 is 23.8 Å². The van der Waals surface area contributed by atoms with Gasteiger partial charge in [-0.2, -0.15) is 0 Å². The molecule has 2 amide bonds. The number of thioether (sulfide) groups is 1. The monoisotopic (exact) mass is 369 g/mol. The number of amides is 2. The van der Waals surface area contributed by atoms with E-state index in [0.717, 1.165) is 11.8 Å². The van der Waals surface area contributed by atoms with Gasteiger partial charge in [-0.1, -0.05) is 11.8 Å². The third-order valence-electron chi connectivity index (χ3n) is 2.74. The molecule has 1 heterocycles. The fourth-order valence-electron chi connectivity index (χ4n) is 1.66. The molecule has 25 heavy (non-hydrogen) atoms. The number of carbonyl (C=O) groups excluding carboxylic acids is 2. The lowest BCUT2D eigenvalue weighted by Crippen LogP contribution is -2.32. The lowest BCUT2D eigenvalue weighted by molar-refractivity contribution is -0.117. The Hall–Kier alpha value is -2.62. The largest absolute Gasteiger partial charge is 0.481 e. The van der Waals surface area contributed by atoms with E-state index in [1.165, 1.54) is 24.3 Å². The highest BCUT2D eigenvalue weighted by molar-refractivity contribution is 7.99. The van der Waals surface area contributed by atoms with Gasteiger partial charge in [-0.05, 0) is 38.1 Å². The number of rotatable bonds is 7.